The number of hydrogen-bond donors (Lipinski definition) is 7. The monoisotopic (exact) mass is 1360 g/mol. The van der Waals surface area contributed by atoms with Crippen molar-refractivity contribution >= 4 is 47.6 Å². The number of likely N-dealkylation sites (N-methyl/N-ethyl adjacent to an activating group) is 1. The van der Waals surface area contributed by atoms with E-state index in [1.165, 1.54) is 0 Å². The highest BCUT2D eigenvalue weighted by atomic mass is 15.4. The highest BCUT2D eigenvalue weighted by Crippen LogP contribution is 2.40. The number of anilines is 8. The van der Waals surface area contributed by atoms with E-state index in [0.717, 1.165) is 153 Å². The summed E-state index contributed by atoms with van der Waals surface area (Å²) in [6.07, 6.45) is 15.8. The van der Waals surface area contributed by atoms with Gasteiger partial charge in [-0.2, -0.15) is 44.9 Å². The Balaban J connectivity index is 1.04. The van der Waals surface area contributed by atoms with E-state index in [1.807, 2.05) is 6.92 Å². The van der Waals surface area contributed by atoms with Gasteiger partial charge in [0.15, 0.2) is 0 Å². The first-order valence-electron chi connectivity index (χ1n) is 38.1. The Labute approximate surface area is 595 Å². The van der Waals surface area contributed by atoms with E-state index in [9.17, 15) is 0 Å². The number of aryl methyl sites for hydroxylation is 1. The van der Waals surface area contributed by atoms with Crippen LogP contribution in [0.4, 0.5) is 47.6 Å². The van der Waals surface area contributed by atoms with Gasteiger partial charge in [-0.25, -0.2) is 0 Å². The maximum absolute atomic E-state index is 5.45. The van der Waals surface area contributed by atoms with Crippen LogP contribution in [0.1, 0.15) is 261 Å². The maximum Gasteiger partial charge on any atom is 0.232 e. The molecular weight excluding hydrogens is 1220 g/mol. The molecule has 5 saturated heterocycles. The Morgan fingerprint density at radius 3 is 0.918 bits per heavy atom. The smallest absolute Gasteiger partial charge is 0.232 e. The zero-order valence-electron chi connectivity index (χ0n) is 67.0. The molecule has 0 atom stereocenters. The molecule has 0 bridgehead atoms. The van der Waals surface area contributed by atoms with Gasteiger partial charge in [0, 0.05) is 153 Å². The summed E-state index contributed by atoms with van der Waals surface area (Å²) in [7, 11) is 8.78. The minimum atomic E-state index is -0.0472. The van der Waals surface area contributed by atoms with Gasteiger partial charge in [-0.05, 0) is 249 Å². The van der Waals surface area contributed by atoms with Crippen LogP contribution >= 0.6 is 0 Å². The van der Waals surface area contributed by atoms with E-state index in [-0.39, 0.29) is 85.6 Å². The fourth-order valence-electron chi connectivity index (χ4n) is 18.6. The summed E-state index contributed by atoms with van der Waals surface area (Å²) in [4.78, 5) is 64.5. The fourth-order valence-corrected chi connectivity index (χ4v) is 18.6. The lowest BCUT2D eigenvalue weighted by Crippen LogP contribution is -2.62. The van der Waals surface area contributed by atoms with Gasteiger partial charge in [-0.3, -0.25) is 0 Å². The molecule has 5 aliphatic heterocycles. The summed E-state index contributed by atoms with van der Waals surface area (Å²) >= 11 is 0. The highest BCUT2D eigenvalue weighted by molar-refractivity contribution is 5.49. The van der Waals surface area contributed by atoms with E-state index in [0.29, 0.717) is 55.2 Å². The average molecular weight is 1370 g/mol. The van der Waals surface area contributed by atoms with Gasteiger partial charge in [0.05, 0.1) is 0 Å². The molecule has 556 valence electrons. The fraction of sp³-hybridized carbons (Fsp3) is 0.880. The van der Waals surface area contributed by atoms with Crippen molar-refractivity contribution in [3.05, 3.63) is 5.82 Å². The number of unbranched alkanes of at least 4 members (excludes halogenated alkanes) is 2. The minimum absolute atomic E-state index is 0.0334. The van der Waals surface area contributed by atoms with Crippen LogP contribution in [-0.2, 0) is 0 Å². The number of piperidine rings is 5. The molecule has 8 heterocycles. The average Bonchev–Trinajstić information content (AvgIpc) is 0.790. The zero-order valence-corrected chi connectivity index (χ0v) is 67.0. The summed E-state index contributed by atoms with van der Waals surface area (Å²) < 4.78 is 0. The van der Waals surface area contributed by atoms with Crippen molar-refractivity contribution in [3.63, 3.8) is 0 Å². The summed E-state index contributed by atoms with van der Waals surface area (Å²) in [5.41, 5.74) is -0.398. The first kappa shape index (κ1) is 78.9. The number of aromatic nitrogens is 9. The standard InChI is InChI=1S/C75H141N23/c1-28-30-38-97(56-48-72(16,17)90-73(18,19)49-56)64-82-58(80-61(85-64)94(26)54-44-68(8,9)88-69(10,11)45-54)76-34-32-36-92(24)40-41-96(63-79-52(3)78-60(84-63)93(25)53-42-66(4,5)87-67(6,7)43-53)37-33-35-77-59-81-62(95(27)55-46-70(12,13)89-71(14,15)47-55)86-65(83-59)98(39-31-29-2)57-50-74(20,21)91-75(22,23)51-57/h53-57,87-91H,28-51H2,1-27H3,(H,76,80,82,85)(H,77,81,83,86). The first-order chi connectivity index (χ1) is 45.2. The Hall–Kier alpha value is -4.81. The van der Waals surface area contributed by atoms with Gasteiger partial charge >= 0.3 is 0 Å². The van der Waals surface area contributed by atoms with Crippen molar-refractivity contribution in [2.45, 2.75) is 348 Å². The highest BCUT2D eigenvalue weighted by Gasteiger charge is 2.46. The zero-order chi connectivity index (χ0) is 72.4. The predicted octanol–water partition coefficient (Wildman–Crippen LogP) is 11.4. The Morgan fingerprint density at radius 2 is 0.592 bits per heavy atom. The molecule has 23 heteroatoms. The van der Waals surface area contributed by atoms with Crippen LogP contribution in [0.3, 0.4) is 0 Å². The van der Waals surface area contributed by atoms with Crippen LogP contribution in [0.2, 0.25) is 0 Å². The van der Waals surface area contributed by atoms with Crippen LogP contribution in [0.5, 0.6) is 0 Å². The Kier molecular flexibility index (Phi) is 24.7. The second-order valence-corrected chi connectivity index (χ2v) is 37.6. The lowest BCUT2D eigenvalue weighted by molar-refractivity contribution is 0.157. The lowest BCUT2D eigenvalue weighted by Gasteiger charge is -2.50. The number of rotatable bonds is 30. The van der Waals surface area contributed by atoms with Crippen molar-refractivity contribution in [3.8, 4) is 0 Å². The third-order valence-electron chi connectivity index (χ3n) is 21.2. The summed E-state index contributed by atoms with van der Waals surface area (Å²) in [5.74, 6) is 6.36. The second-order valence-electron chi connectivity index (χ2n) is 37.6. The molecule has 23 nitrogen and oxygen atoms in total. The Morgan fingerprint density at radius 1 is 0.316 bits per heavy atom. The molecule has 3 aromatic rings. The topological polar surface area (TPSA) is 223 Å². The minimum Gasteiger partial charge on any atom is -0.354 e. The quantitative estimate of drug-likeness (QED) is 0.0308. The lowest BCUT2D eigenvalue weighted by atomic mass is 9.79. The molecule has 0 aromatic carbocycles. The normalized spacial score (nSPS) is 22.7. The van der Waals surface area contributed by atoms with Crippen LogP contribution in [0.15, 0.2) is 0 Å². The van der Waals surface area contributed by atoms with Gasteiger partial charge in [-0.15, -0.1) is 0 Å². The van der Waals surface area contributed by atoms with Crippen molar-refractivity contribution in [1.82, 2.24) is 76.3 Å². The largest absolute Gasteiger partial charge is 0.354 e. The van der Waals surface area contributed by atoms with Crippen molar-refractivity contribution in [2.24, 2.45) is 0 Å². The number of nitrogens with zero attached hydrogens (tertiary/aromatic N) is 16. The predicted molar refractivity (Wildman–Crippen MR) is 411 cm³/mol. The van der Waals surface area contributed by atoms with Gasteiger partial charge in [-0.1, -0.05) is 26.7 Å². The third kappa shape index (κ3) is 22.3. The molecule has 5 aliphatic rings. The molecular formula is C75H141N23. The number of nitrogens with one attached hydrogen (secondary N) is 7. The van der Waals surface area contributed by atoms with Crippen LogP contribution in [0.25, 0.3) is 0 Å². The van der Waals surface area contributed by atoms with Crippen LogP contribution in [-0.4, -0.2) is 216 Å². The molecule has 98 heavy (non-hydrogen) atoms. The molecule has 0 unspecified atom stereocenters. The van der Waals surface area contributed by atoms with Crippen molar-refractivity contribution in [2.75, 3.05) is 121 Å². The first-order valence-corrected chi connectivity index (χ1v) is 38.1. The van der Waals surface area contributed by atoms with E-state index < -0.39 is 0 Å². The molecule has 5 fully saturated rings. The molecule has 0 spiro atoms. The summed E-state index contributed by atoms with van der Waals surface area (Å²) in [6.45, 7) is 59.3. The van der Waals surface area contributed by atoms with Gasteiger partial charge in [0.1, 0.15) is 5.82 Å². The van der Waals surface area contributed by atoms with E-state index >= 15 is 0 Å². The van der Waals surface area contributed by atoms with Gasteiger partial charge < -0.3 is 71.5 Å². The van der Waals surface area contributed by atoms with Crippen molar-refractivity contribution in [1.29, 1.82) is 0 Å². The van der Waals surface area contributed by atoms with Crippen LogP contribution < -0.4 is 66.6 Å². The summed E-state index contributed by atoms with van der Waals surface area (Å²) in [5, 5.41) is 27.1. The number of hydrogen-bond acceptors (Lipinski definition) is 23. The molecule has 8 rings (SSSR count). The SMILES string of the molecule is CCCCN(c1nc(NCCCN(C)CCN(CCCNc2nc(N(C)C3CC(C)(C)NC(C)(C)C3)nc(N(CCCC)C3CC(C)(C)NC(C)(C)C3)n2)c2nc(C)nc(N(C)C3CC(C)(C)NC(C)(C)C3)n2)nc(N(C)C2CC(C)(C)NC(C)(C)C2)n1)C1CC(C)(C)NC(C)(C)C1. The summed E-state index contributed by atoms with van der Waals surface area (Å²) in [6, 6.07) is 1.27. The second kappa shape index (κ2) is 30.6. The van der Waals surface area contributed by atoms with Crippen LogP contribution in [0, 0.1) is 6.92 Å². The molecule has 3 aromatic heterocycles. The third-order valence-corrected chi connectivity index (χ3v) is 21.2. The molecule has 0 amide bonds. The van der Waals surface area contributed by atoms with E-state index in [2.05, 4.69) is 252 Å². The molecule has 0 radical (unpaired) electrons. The maximum atomic E-state index is 5.45. The molecule has 0 aliphatic carbocycles. The van der Waals surface area contributed by atoms with Gasteiger partial charge in [0.2, 0.25) is 47.6 Å². The van der Waals surface area contributed by atoms with Crippen molar-refractivity contribution < 1.29 is 0 Å². The Bertz CT molecular complexity index is 2980. The van der Waals surface area contributed by atoms with Gasteiger partial charge in [0.25, 0.3) is 0 Å². The van der Waals surface area contributed by atoms with E-state index in [1.54, 1.807) is 0 Å². The molecule has 7 N–H and O–H groups in total. The van der Waals surface area contributed by atoms with E-state index in [4.69, 9.17) is 44.9 Å². The molecule has 0 saturated carbocycles.